The van der Waals surface area contributed by atoms with Crippen molar-refractivity contribution in [1.29, 1.82) is 0 Å². The van der Waals surface area contributed by atoms with Gasteiger partial charge < -0.3 is 5.11 Å². The number of carbonyl (C=O) groups is 1. The number of rotatable bonds is 8. The highest BCUT2D eigenvalue weighted by atomic mass is 19.1. The molecule has 5 heteroatoms. The second-order valence-corrected chi connectivity index (χ2v) is 5.48. The molecule has 1 unspecified atom stereocenters. The predicted molar refractivity (Wildman–Crippen MR) is 78.3 cm³/mol. The standard InChI is InChI=1S/C16H23F2NO2/c1-4-8-19(9-5-2)16(3,15(20)21)11-12-6-7-13(17)10-14(12)18/h6-7,10H,4-5,8-9,11H2,1-3H3,(H,20,21). The molecule has 0 bridgehead atoms. The summed E-state index contributed by atoms with van der Waals surface area (Å²) in [6.07, 6.45) is 1.64. The fourth-order valence-electron chi connectivity index (χ4n) is 2.50. The Morgan fingerprint density at radius 1 is 1.24 bits per heavy atom. The summed E-state index contributed by atoms with van der Waals surface area (Å²) in [5.41, 5.74) is -0.983. The quantitative estimate of drug-likeness (QED) is 0.799. The predicted octanol–water partition coefficient (Wildman–Crippen LogP) is 3.47. The van der Waals surface area contributed by atoms with Gasteiger partial charge in [0.15, 0.2) is 0 Å². The smallest absolute Gasteiger partial charge is 0.324 e. The molecule has 0 saturated heterocycles. The van der Waals surface area contributed by atoms with Gasteiger partial charge in [-0.25, -0.2) is 8.78 Å². The molecule has 0 radical (unpaired) electrons. The number of carboxylic acid groups (broad SMARTS) is 1. The highest BCUT2D eigenvalue weighted by Gasteiger charge is 2.39. The SMILES string of the molecule is CCCN(CCC)C(C)(Cc1ccc(F)cc1F)C(=O)O. The van der Waals surface area contributed by atoms with Crippen molar-refractivity contribution < 1.29 is 18.7 Å². The normalized spacial score (nSPS) is 14.2. The van der Waals surface area contributed by atoms with Crippen LogP contribution in [0.4, 0.5) is 8.78 Å². The van der Waals surface area contributed by atoms with Crippen LogP contribution in [0.3, 0.4) is 0 Å². The molecular formula is C16H23F2NO2. The Balaban J connectivity index is 3.11. The van der Waals surface area contributed by atoms with Crippen LogP contribution < -0.4 is 0 Å². The fourth-order valence-corrected chi connectivity index (χ4v) is 2.50. The molecule has 3 nitrogen and oxygen atoms in total. The number of carboxylic acids is 1. The Morgan fingerprint density at radius 2 is 1.81 bits per heavy atom. The Morgan fingerprint density at radius 3 is 2.24 bits per heavy atom. The largest absolute Gasteiger partial charge is 0.480 e. The van der Waals surface area contributed by atoms with Crippen LogP contribution in [0, 0.1) is 11.6 Å². The number of aliphatic carboxylic acids is 1. The lowest BCUT2D eigenvalue weighted by Crippen LogP contribution is -2.54. The molecule has 0 aromatic heterocycles. The molecule has 0 aliphatic heterocycles. The van der Waals surface area contributed by atoms with Gasteiger partial charge in [0.2, 0.25) is 0 Å². The second-order valence-electron chi connectivity index (χ2n) is 5.48. The molecule has 1 N–H and O–H groups in total. The van der Waals surface area contributed by atoms with E-state index >= 15 is 0 Å². The molecule has 0 saturated carbocycles. The first-order chi connectivity index (χ1) is 9.85. The van der Waals surface area contributed by atoms with E-state index in [9.17, 15) is 18.7 Å². The monoisotopic (exact) mass is 299 g/mol. The molecule has 1 atom stereocenters. The van der Waals surface area contributed by atoms with Crippen molar-refractivity contribution in [3.05, 3.63) is 35.4 Å². The third kappa shape index (κ3) is 4.24. The van der Waals surface area contributed by atoms with E-state index in [1.54, 1.807) is 6.92 Å². The Hall–Kier alpha value is -1.49. The molecule has 118 valence electrons. The number of halogens is 2. The molecule has 21 heavy (non-hydrogen) atoms. The van der Waals surface area contributed by atoms with Crippen molar-refractivity contribution in [2.75, 3.05) is 13.1 Å². The highest BCUT2D eigenvalue weighted by molar-refractivity contribution is 5.78. The summed E-state index contributed by atoms with van der Waals surface area (Å²) >= 11 is 0. The van der Waals surface area contributed by atoms with E-state index in [0.29, 0.717) is 13.1 Å². The van der Waals surface area contributed by atoms with E-state index in [1.807, 2.05) is 18.7 Å². The highest BCUT2D eigenvalue weighted by Crippen LogP contribution is 2.24. The van der Waals surface area contributed by atoms with Crippen LogP contribution in [-0.2, 0) is 11.2 Å². The molecule has 1 aromatic carbocycles. The first-order valence-electron chi connectivity index (χ1n) is 7.27. The number of benzene rings is 1. The van der Waals surface area contributed by atoms with Gasteiger partial charge >= 0.3 is 5.97 Å². The van der Waals surface area contributed by atoms with Gasteiger partial charge in [-0.2, -0.15) is 0 Å². The molecule has 0 aliphatic rings. The molecule has 0 spiro atoms. The van der Waals surface area contributed by atoms with E-state index < -0.39 is 23.1 Å². The molecule has 0 fully saturated rings. The fraction of sp³-hybridized carbons (Fsp3) is 0.562. The average molecular weight is 299 g/mol. The first kappa shape index (κ1) is 17.6. The minimum atomic E-state index is -1.20. The third-order valence-electron chi connectivity index (χ3n) is 3.70. The maximum atomic E-state index is 13.8. The second kappa shape index (κ2) is 7.50. The maximum absolute atomic E-state index is 13.8. The summed E-state index contributed by atoms with van der Waals surface area (Å²) in [7, 11) is 0. The topological polar surface area (TPSA) is 40.5 Å². The summed E-state index contributed by atoms with van der Waals surface area (Å²) in [4.78, 5) is 13.6. The number of hydrogen-bond donors (Lipinski definition) is 1. The van der Waals surface area contributed by atoms with Gasteiger partial charge in [-0.15, -0.1) is 0 Å². The van der Waals surface area contributed by atoms with Gasteiger partial charge in [-0.3, -0.25) is 9.69 Å². The number of nitrogens with zero attached hydrogens (tertiary/aromatic N) is 1. The zero-order chi connectivity index (χ0) is 16.0. The molecule has 1 aromatic rings. The van der Waals surface area contributed by atoms with E-state index in [2.05, 4.69) is 0 Å². The van der Waals surface area contributed by atoms with Crippen molar-refractivity contribution in [2.45, 2.75) is 45.6 Å². The number of hydrogen-bond acceptors (Lipinski definition) is 2. The molecule has 0 heterocycles. The van der Waals surface area contributed by atoms with Crippen molar-refractivity contribution in [3.63, 3.8) is 0 Å². The Labute approximate surface area is 124 Å². The van der Waals surface area contributed by atoms with Crippen LogP contribution in [0.2, 0.25) is 0 Å². The molecule has 0 amide bonds. The average Bonchev–Trinajstić information content (AvgIpc) is 2.41. The van der Waals surface area contributed by atoms with Crippen LogP contribution in [0.25, 0.3) is 0 Å². The summed E-state index contributed by atoms with van der Waals surface area (Å²) in [5.74, 6) is -2.35. The van der Waals surface area contributed by atoms with Gasteiger partial charge in [0.05, 0.1) is 0 Å². The zero-order valence-electron chi connectivity index (χ0n) is 12.8. The van der Waals surface area contributed by atoms with Crippen LogP contribution in [0.15, 0.2) is 18.2 Å². The lowest BCUT2D eigenvalue weighted by atomic mass is 9.90. The van der Waals surface area contributed by atoms with E-state index in [4.69, 9.17) is 0 Å². The van der Waals surface area contributed by atoms with E-state index in [-0.39, 0.29) is 12.0 Å². The summed E-state index contributed by atoms with van der Waals surface area (Å²) in [6, 6.07) is 3.27. The molecule has 1 rings (SSSR count). The van der Waals surface area contributed by atoms with Gasteiger partial charge in [0.1, 0.15) is 17.2 Å². The van der Waals surface area contributed by atoms with Crippen molar-refractivity contribution in [1.82, 2.24) is 4.90 Å². The maximum Gasteiger partial charge on any atom is 0.324 e. The van der Waals surface area contributed by atoms with Crippen LogP contribution in [0.1, 0.15) is 39.2 Å². The van der Waals surface area contributed by atoms with Crippen LogP contribution >= 0.6 is 0 Å². The lowest BCUT2D eigenvalue weighted by molar-refractivity contribution is -0.150. The minimum Gasteiger partial charge on any atom is -0.480 e. The first-order valence-corrected chi connectivity index (χ1v) is 7.27. The van der Waals surface area contributed by atoms with Crippen molar-refractivity contribution in [2.24, 2.45) is 0 Å². The minimum absolute atomic E-state index is 0.00838. The van der Waals surface area contributed by atoms with E-state index in [1.165, 1.54) is 6.07 Å². The Kier molecular flexibility index (Phi) is 6.27. The lowest BCUT2D eigenvalue weighted by Gasteiger charge is -2.38. The summed E-state index contributed by atoms with van der Waals surface area (Å²) < 4.78 is 26.8. The van der Waals surface area contributed by atoms with Gasteiger partial charge in [0.25, 0.3) is 0 Å². The molecule has 0 aliphatic carbocycles. The molecular weight excluding hydrogens is 276 g/mol. The van der Waals surface area contributed by atoms with Crippen molar-refractivity contribution in [3.8, 4) is 0 Å². The van der Waals surface area contributed by atoms with Crippen LogP contribution in [0.5, 0.6) is 0 Å². The van der Waals surface area contributed by atoms with Gasteiger partial charge in [-0.05, 0) is 44.5 Å². The zero-order valence-corrected chi connectivity index (χ0v) is 12.8. The van der Waals surface area contributed by atoms with Gasteiger partial charge in [-0.1, -0.05) is 19.9 Å². The van der Waals surface area contributed by atoms with Crippen molar-refractivity contribution >= 4 is 5.97 Å². The van der Waals surface area contributed by atoms with E-state index in [0.717, 1.165) is 25.0 Å². The third-order valence-corrected chi connectivity index (χ3v) is 3.70. The Bertz CT molecular complexity index is 487. The van der Waals surface area contributed by atoms with Crippen LogP contribution in [-0.4, -0.2) is 34.6 Å². The summed E-state index contributed by atoms with van der Waals surface area (Å²) in [6.45, 7) is 6.80. The van der Waals surface area contributed by atoms with Gasteiger partial charge in [0, 0.05) is 12.5 Å². The summed E-state index contributed by atoms with van der Waals surface area (Å²) in [5, 5.41) is 9.62.